The Hall–Kier alpha value is -3.06. The van der Waals surface area contributed by atoms with Crippen LogP contribution in [0.15, 0.2) is 29.3 Å². The van der Waals surface area contributed by atoms with E-state index >= 15 is 0 Å². The number of nitrogens with zero attached hydrogens (tertiary/aromatic N) is 2. The Morgan fingerprint density at radius 2 is 1.96 bits per heavy atom. The van der Waals surface area contributed by atoms with Crippen molar-refractivity contribution in [3.05, 3.63) is 35.4 Å². The Labute approximate surface area is 154 Å². The highest BCUT2D eigenvalue weighted by molar-refractivity contribution is 6.05. The molecule has 1 atom stereocenters. The van der Waals surface area contributed by atoms with Crippen molar-refractivity contribution in [3.8, 4) is 12.3 Å². The lowest BCUT2D eigenvalue weighted by Gasteiger charge is -2.22. The van der Waals surface area contributed by atoms with Crippen molar-refractivity contribution in [2.45, 2.75) is 25.7 Å². The van der Waals surface area contributed by atoms with Gasteiger partial charge in [0.25, 0.3) is 0 Å². The summed E-state index contributed by atoms with van der Waals surface area (Å²) in [5, 5.41) is 12.0. The molecule has 146 valence electrons. The SMILES string of the molecule is C#CCN(CC(C)O)C(=O)NCc1ccc(C(N)=NC(=O)C(F)(F)F)cc1. The van der Waals surface area contributed by atoms with Crippen LogP contribution in [-0.4, -0.2) is 53.2 Å². The predicted molar refractivity (Wildman–Crippen MR) is 92.6 cm³/mol. The van der Waals surface area contributed by atoms with Crippen molar-refractivity contribution in [1.82, 2.24) is 10.2 Å². The van der Waals surface area contributed by atoms with E-state index in [2.05, 4.69) is 16.2 Å². The number of carbonyl (C=O) groups is 2. The number of aliphatic hydroxyl groups excluding tert-OH is 1. The number of aliphatic imine (C=N–C) groups is 1. The smallest absolute Gasteiger partial charge is 0.392 e. The molecule has 1 aromatic rings. The fraction of sp³-hybridized carbons (Fsp3) is 0.353. The van der Waals surface area contributed by atoms with E-state index in [9.17, 15) is 27.9 Å². The standard InChI is InChI=1S/C17H19F3N4O3/c1-3-8-24(10-11(2)25)16(27)22-9-12-4-6-13(7-5-12)14(21)23-15(26)17(18,19)20/h1,4-7,11,25H,8-10H2,2H3,(H,22,27)(H2,21,23,26). The van der Waals surface area contributed by atoms with Crippen molar-refractivity contribution in [2.75, 3.05) is 13.1 Å². The molecule has 7 nitrogen and oxygen atoms in total. The van der Waals surface area contributed by atoms with E-state index < -0.39 is 30.1 Å². The molecule has 27 heavy (non-hydrogen) atoms. The second kappa shape index (κ2) is 9.59. The van der Waals surface area contributed by atoms with E-state index in [1.807, 2.05) is 0 Å². The Morgan fingerprint density at radius 3 is 2.44 bits per heavy atom. The number of nitrogens with two attached hydrogens (primary N) is 1. The lowest BCUT2D eigenvalue weighted by Crippen LogP contribution is -2.43. The second-order valence-corrected chi connectivity index (χ2v) is 5.59. The van der Waals surface area contributed by atoms with Gasteiger partial charge in [-0.3, -0.25) is 4.79 Å². The summed E-state index contributed by atoms with van der Waals surface area (Å²) >= 11 is 0. The summed E-state index contributed by atoms with van der Waals surface area (Å²) in [4.78, 5) is 26.9. The van der Waals surface area contributed by atoms with Crippen LogP contribution in [0.2, 0.25) is 0 Å². The molecule has 0 aliphatic heterocycles. The van der Waals surface area contributed by atoms with E-state index in [1.54, 1.807) is 0 Å². The molecule has 0 saturated carbocycles. The van der Waals surface area contributed by atoms with Gasteiger partial charge in [0.1, 0.15) is 5.84 Å². The number of halogens is 3. The number of alkyl halides is 3. The molecule has 4 N–H and O–H groups in total. The van der Waals surface area contributed by atoms with E-state index in [-0.39, 0.29) is 25.2 Å². The van der Waals surface area contributed by atoms with Crippen molar-refractivity contribution in [1.29, 1.82) is 0 Å². The molecule has 1 unspecified atom stereocenters. The lowest BCUT2D eigenvalue weighted by atomic mass is 10.1. The van der Waals surface area contributed by atoms with E-state index in [0.29, 0.717) is 5.56 Å². The number of hydrogen-bond donors (Lipinski definition) is 3. The summed E-state index contributed by atoms with van der Waals surface area (Å²) in [6.07, 6.45) is -0.652. The van der Waals surface area contributed by atoms with Crippen LogP contribution < -0.4 is 11.1 Å². The average molecular weight is 384 g/mol. The predicted octanol–water partition coefficient (Wildman–Crippen LogP) is 1.01. The summed E-state index contributed by atoms with van der Waals surface area (Å²) in [5.74, 6) is -0.536. The first-order valence-corrected chi connectivity index (χ1v) is 7.73. The summed E-state index contributed by atoms with van der Waals surface area (Å²) in [5.41, 5.74) is 6.15. The molecule has 0 aromatic heterocycles. The first kappa shape index (κ1) is 22.0. The lowest BCUT2D eigenvalue weighted by molar-refractivity contribution is -0.169. The normalized spacial score (nSPS) is 12.8. The molecule has 0 heterocycles. The zero-order valence-electron chi connectivity index (χ0n) is 14.5. The zero-order chi connectivity index (χ0) is 20.6. The average Bonchev–Trinajstić information content (AvgIpc) is 2.58. The van der Waals surface area contributed by atoms with E-state index in [1.165, 1.54) is 36.1 Å². The summed E-state index contributed by atoms with van der Waals surface area (Å²) < 4.78 is 36.5. The van der Waals surface area contributed by atoms with Crippen LogP contribution in [0.5, 0.6) is 0 Å². The van der Waals surface area contributed by atoms with Crippen LogP contribution in [0.1, 0.15) is 18.1 Å². The minimum atomic E-state index is -5.09. The molecular weight excluding hydrogens is 365 g/mol. The monoisotopic (exact) mass is 384 g/mol. The van der Waals surface area contributed by atoms with Gasteiger partial charge in [-0.05, 0) is 12.5 Å². The van der Waals surface area contributed by atoms with Gasteiger partial charge in [0, 0.05) is 18.7 Å². The Balaban J connectivity index is 2.72. The fourth-order valence-corrected chi connectivity index (χ4v) is 1.97. The molecule has 0 spiro atoms. The fourth-order valence-electron chi connectivity index (χ4n) is 1.97. The molecule has 0 aliphatic rings. The number of urea groups is 1. The molecule has 1 rings (SSSR count). The minimum absolute atomic E-state index is 0.0237. The third-order valence-electron chi connectivity index (χ3n) is 3.21. The Kier molecular flexibility index (Phi) is 7.80. The number of rotatable bonds is 6. The highest BCUT2D eigenvalue weighted by Gasteiger charge is 2.38. The van der Waals surface area contributed by atoms with Crippen LogP contribution in [0.25, 0.3) is 0 Å². The van der Waals surface area contributed by atoms with Crippen LogP contribution in [0.3, 0.4) is 0 Å². The van der Waals surface area contributed by atoms with Crippen molar-refractivity contribution in [2.24, 2.45) is 10.7 Å². The summed E-state index contributed by atoms with van der Waals surface area (Å²) in [6, 6.07) is 5.29. The van der Waals surface area contributed by atoms with Crippen molar-refractivity contribution >= 4 is 17.8 Å². The number of amidine groups is 1. The Morgan fingerprint density at radius 1 is 1.37 bits per heavy atom. The van der Waals surface area contributed by atoms with Gasteiger partial charge in [0.05, 0.1) is 12.6 Å². The van der Waals surface area contributed by atoms with Crippen molar-refractivity contribution in [3.63, 3.8) is 0 Å². The summed E-state index contributed by atoms with van der Waals surface area (Å²) in [6.45, 7) is 1.72. The maximum absolute atomic E-state index is 12.2. The van der Waals surface area contributed by atoms with Gasteiger partial charge < -0.3 is 21.1 Å². The molecule has 1 aromatic carbocycles. The van der Waals surface area contributed by atoms with Gasteiger partial charge in [0.2, 0.25) is 0 Å². The second-order valence-electron chi connectivity index (χ2n) is 5.59. The largest absolute Gasteiger partial charge is 0.473 e. The number of benzene rings is 1. The van der Waals surface area contributed by atoms with Gasteiger partial charge in [-0.25, -0.2) is 4.79 Å². The molecule has 0 fully saturated rings. The van der Waals surface area contributed by atoms with E-state index in [4.69, 9.17) is 12.2 Å². The molecular formula is C17H19F3N4O3. The van der Waals surface area contributed by atoms with Crippen LogP contribution in [0.4, 0.5) is 18.0 Å². The van der Waals surface area contributed by atoms with Crippen molar-refractivity contribution < 1.29 is 27.9 Å². The quantitative estimate of drug-likeness (QED) is 0.386. The first-order valence-electron chi connectivity index (χ1n) is 7.73. The molecule has 0 aliphatic carbocycles. The Bertz CT molecular complexity index is 737. The van der Waals surface area contributed by atoms with Crippen LogP contribution in [0, 0.1) is 12.3 Å². The topological polar surface area (TPSA) is 108 Å². The molecule has 0 bridgehead atoms. The first-order chi connectivity index (χ1) is 12.5. The number of terminal acetylenes is 1. The van der Waals surface area contributed by atoms with Crippen LogP contribution >= 0.6 is 0 Å². The number of amides is 3. The van der Waals surface area contributed by atoms with Gasteiger partial charge in [0.15, 0.2) is 0 Å². The molecule has 3 amide bonds. The van der Waals surface area contributed by atoms with Crippen LogP contribution in [-0.2, 0) is 11.3 Å². The van der Waals surface area contributed by atoms with E-state index in [0.717, 1.165) is 0 Å². The number of hydrogen-bond acceptors (Lipinski definition) is 3. The number of carbonyl (C=O) groups excluding carboxylic acids is 2. The van der Waals surface area contributed by atoms with Gasteiger partial charge in [-0.2, -0.15) is 18.2 Å². The van der Waals surface area contributed by atoms with Gasteiger partial charge in [-0.15, -0.1) is 6.42 Å². The number of aliphatic hydroxyl groups is 1. The third-order valence-corrected chi connectivity index (χ3v) is 3.21. The highest BCUT2D eigenvalue weighted by Crippen LogP contribution is 2.17. The summed E-state index contributed by atoms with van der Waals surface area (Å²) in [7, 11) is 0. The maximum Gasteiger partial charge on any atom is 0.473 e. The molecule has 0 saturated heterocycles. The molecule has 0 radical (unpaired) electrons. The molecule has 10 heteroatoms. The number of nitrogens with one attached hydrogen (secondary N) is 1. The third kappa shape index (κ3) is 7.37. The maximum atomic E-state index is 12.2. The minimum Gasteiger partial charge on any atom is -0.392 e. The van der Waals surface area contributed by atoms with Gasteiger partial charge in [-0.1, -0.05) is 30.2 Å². The zero-order valence-corrected chi connectivity index (χ0v) is 14.5. The highest BCUT2D eigenvalue weighted by atomic mass is 19.4. The van der Waals surface area contributed by atoms with Gasteiger partial charge >= 0.3 is 18.1 Å².